The molecule has 0 saturated carbocycles. The number of pyridine rings is 1. The van der Waals surface area contributed by atoms with Gasteiger partial charge < -0.3 is 5.11 Å². The fourth-order valence-electron chi connectivity index (χ4n) is 1.92. The van der Waals surface area contributed by atoms with Crippen molar-refractivity contribution in [2.75, 3.05) is 0 Å². The maximum atomic E-state index is 12.9. The summed E-state index contributed by atoms with van der Waals surface area (Å²) in [6, 6.07) is 15.1. The SMILES string of the molecule is C.Oc1cc2ccccc2nc1-c1ccc(F)cc1. The topological polar surface area (TPSA) is 33.1 Å². The van der Waals surface area contributed by atoms with Crippen LogP contribution in [0.15, 0.2) is 54.6 Å². The minimum atomic E-state index is -0.306. The molecule has 0 saturated heterocycles. The van der Waals surface area contributed by atoms with Gasteiger partial charge in [0, 0.05) is 10.9 Å². The van der Waals surface area contributed by atoms with E-state index in [0.29, 0.717) is 11.3 Å². The highest BCUT2D eigenvalue weighted by molar-refractivity contribution is 5.84. The summed E-state index contributed by atoms with van der Waals surface area (Å²) in [5, 5.41) is 10.9. The molecule has 0 radical (unpaired) electrons. The fraction of sp³-hybridized carbons (Fsp3) is 0.0625. The molecule has 0 unspecified atom stereocenters. The number of rotatable bonds is 1. The number of hydrogen-bond acceptors (Lipinski definition) is 2. The Morgan fingerprint density at radius 2 is 1.63 bits per heavy atom. The second kappa shape index (κ2) is 5.06. The lowest BCUT2D eigenvalue weighted by atomic mass is 10.1. The van der Waals surface area contributed by atoms with Crippen molar-refractivity contribution in [2.45, 2.75) is 7.43 Å². The molecule has 0 aliphatic heterocycles. The van der Waals surface area contributed by atoms with E-state index in [-0.39, 0.29) is 19.0 Å². The van der Waals surface area contributed by atoms with E-state index in [1.807, 2.05) is 24.3 Å². The van der Waals surface area contributed by atoms with Crippen LogP contribution in [0.25, 0.3) is 22.2 Å². The Kier molecular flexibility index (Phi) is 3.47. The van der Waals surface area contributed by atoms with Gasteiger partial charge in [-0.1, -0.05) is 25.6 Å². The highest BCUT2D eigenvalue weighted by atomic mass is 19.1. The number of para-hydroxylation sites is 1. The summed E-state index contributed by atoms with van der Waals surface area (Å²) in [4.78, 5) is 4.40. The maximum Gasteiger partial charge on any atom is 0.142 e. The molecule has 0 bridgehead atoms. The molecule has 3 aromatic rings. The van der Waals surface area contributed by atoms with Crippen LogP contribution in [0.2, 0.25) is 0 Å². The second-order valence-electron chi connectivity index (χ2n) is 4.06. The lowest BCUT2D eigenvalue weighted by molar-refractivity contribution is 0.476. The summed E-state index contributed by atoms with van der Waals surface area (Å²) in [5.74, 6) is -0.209. The van der Waals surface area contributed by atoms with Gasteiger partial charge >= 0.3 is 0 Å². The molecule has 3 heteroatoms. The normalized spacial score (nSPS) is 10.2. The molecule has 0 atom stereocenters. The Balaban J connectivity index is 0.00000133. The summed E-state index contributed by atoms with van der Waals surface area (Å²) < 4.78 is 12.9. The molecule has 0 aliphatic rings. The van der Waals surface area contributed by atoms with Gasteiger partial charge in [-0.05, 0) is 36.4 Å². The van der Waals surface area contributed by atoms with E-state index in [4.69, 9.17) is 0 Å². The van der Waals surface area contributed by atoms with E-state index in [9.17, 15) is 9.50 Å². The standard InChI is InChI=1S/C15H10FNO.CH4/c16-12-7-5-10(6-8-12)15-14(18)9-11-3-1-2-4-13(11)17-15;/h1-9,18H;1H4. The second-order valence-corrected chi connectivity index (χ2v) is 4.06. The Morgan fingerprint density at radius 3 is 2.37 bits per heavy atom. The molecule has 2 aromatic carbocycles. The molecule has 1 aromatic heterocycles. The van der Waals surface area contributed by atoms with Crippen LogP contribution in [0.5, 0.6) is 5.75 Å². The third-order valence-corrected chi connectivity index (χ3v) is 2.82. The van der Waals surface area contributed by atoms with Crippen LogP contribution in [-0.2, 0) is 0 Å². The summed E-state index contributed by atoms with van der Waals surface area (Å²) in [6.45, 7) is 0. The molecule has 0 spiro atoms. The van der Waals surface area contributed by atoms with Gasteiger partial charge in [0.1, 0.15) is 17.3 Å². The lowest BCUT2D eigenvalue weighted by Crippen LogP contribution is -1.87. The van der Waals surface area contributed by atoms with Crippen molar-refractivity contribution in [2.24, 2.45) is 0 Å². The highest BCUT2D eigenvalue weighted by Crippen LogP contribution is 2.30. The lowest BCUT2D eigenvalue weighted by Gasteiger charge is -2.06. The van der Waals surface area contributed by atoms with Crippen LogP contribution in [-0.4, -0.2) is 10.1 Å². The zero-order valence-electron chi connectivity index (χ0n) is 9.47. The molecule has 3 rings (SSSR count). The number of nitrogens with zero attached hydrogens (tertiary/aromatic N) is 1. The predicted molar refractivity (Wildman–Crippen MR) is 75.5 cm³/mol. The van der Waals surface area contributed by atoms with Crippen molar-refractivity contribution >= 4 is 10.9 Å². The molecule has 1 N–H and O–H groups in total. The van der Waals surface area contributed by atoms with Crippen LogP contribution < -0.4 is 0 Å². The third kappa shape index (κ3) is 2.40. The fourth-order valence-corrected chi connectivity index (χ4v) is 1.92. The Hall–Kier alpha value is -2.42. The summed E-state index contributed by atoms with van der Waals surface area (Å²) in [7, 11) is 0. The molecule has 0 amide bonds. The van der Waals surface area contributed by atoms with Crippen molar-refractivity contribution in [3.05, 3.63) is 60.4 Å². The average Bonchev–Trinajstić information content (AvgIpc) is 2.39. The number of aromatic hydroxyl groups is 1. The largest absolute Gasteiger partial charge is 0.506 e. The number of aromatic nitrogens is 1. The molecular formula is C16H14FNO. The maximum absolute atomic E-state index is 12.9. The van der Waals surface area contributed by atoms with Gasteiger partial charge in [0.2, 0.25) is 0 Å². The van der Waals surface area contributed by atoms with E-state index < -0.39 is 0 Å². The molecule has 2 nitrogen and oxygen atoms in total. The van der Waals surface area contributed by atoms with Crippen molar-refractivity contribution in [1.29, 1.82) is 0 Å². The van der Waals surface area contributed by atoms with E-state index in [0.717, 1.165) is 10.9 Å². The minimum Gasteiger partial charge on any atom is -0.506 e. The molecule has 19 heavy (non-hydrogen) atoms. The first-order valence-electron chi connectivity index (χ1n) is 5.59. The summed E-state index contributed by atoms with van der Waals surface area (Å²) >= 11 is 0. The van der Waals surface area contributed by atoms with Gasteiger partial charge in [0.05, 0.1) is 5.52 Å². The Bertz CT molecular complexity index is 708. The summed E-state index contributed by atoms with van der Waals surface area (Å²) in [5.41, 5.74) is 1.96. The van der Waals surface area contributed by atoms with Gasteiger partial charge in [0.25, 0.3) is 0 Å². The van der Waals surface area contributed by atoms with Gasteiger partial charge in [-0.2, -0.15) is 0 Å². The smallest absolute Gasteiger partial charge is 0.142 e. The first-order chi connectivity index (χ1) is 8.74. The molecule has 0 aliphatic carbocycles. The molecule has 0 fully saturated rings. The number of halogens is 1. The monoisotopic (exact) mass is 255 g/mol. The van der Waals surface area contributed by atoms with Crippen molar-refractivity contribution in [3.63, 3.8) is 0 Å². The van der Waals surface area contributed by atoms with Crippen molar-refractivity contribution in [3.8, 4) is 17.0 Å². The van der Waals surface area contributed by atoms with E-state index >= 15 is 0 Å². The van der Waals surface area contributed by atoms with Crippen LogP contribution in [0.3, 0.4) is 0 Å². The van der Waals surface area contributed by atoms with E-state index in [1.54, 1.807) is 18.2 Å². The van der Waals surface area contributed by atoms with Crippen LogP contribution >= 0.6 is 0 Å². The Labute approximate surface area is 111 Å². The van der Waals surface area contributed by atoms with Gasteiger partial charge in [-0.15, -0.1) is 0 Å². The van der Waals surface area contributed by atoms with Crippen molar-refractivity contribution in [1.82, 2.24) is 4.98 Å². The molecular weight excluding hydrogens is 241 g/mol. The molecule has 96 valence electrons. The van der Waals surface area contributed by atoms with E-state index in [1.165, 1.54) is 12.1 Å². The first kappa shape index (κ1) is 13.0. The summed E-state index contributed by atoms with van der Waals surface area (Å²) in [6.07, 6.45) is 0. The third-order valence-electron chi connectivity index (χ3n) is 2.82. The van der Waals surface area contributed by atoms with Gasteiger partial charge in [0.15, 0.2) is 0 Å². The zero-order valence-corrected chi connectivity index (χ0v) is 9.47. The Morgan fingerprint density at radius 1 is 0.947 bits per heavy atom. The van der Waals surface area contributed by atoms with Gasteiger partial charge in [-0.3, -0.25) is 0 Å². The predicted octanol–water partition coefficient (Wildman–Crippen LogP) is 4.38. The van der Waals surface area contributed by atoms with Crippen LogP contribution in [0.4, 0.5) is 4.39 Å². The first-order valence-corrected chi connectivity index (χ1v) is 5.59. The number of hydrogen-bond donors (Lipinski definition) is 1. The minimum absolute atomic E-state index is 0. The van der Waals surface area contributed by atoms with Gasteiger partial charge in [-0.25, -0.2) is 9.37 Å². The number of benzene rings is 2. The van der Waals surface area contributed by atoms with E-state index in [2.05, 4.69) is 4.98 Å². The molecule has 1 heterocycles. The van der Waals surface area contributed by atoms with Crippen LogP contribution in [0, 0.1) is 5.82 Å². The number of fused-ring (bicyclic) bond motifs is 1. The highest BCUT2D eigenvalue weighted by Gasteiger charge is 2.08. The van der Waals surface area contributed by atoms with Crippen molar-refractivity contribution < 1.29 is 9.50 Å². The zero-order chi connectivity index (χ0) is 12.5. The van der Waals surface area contributed by atoms with Crippen LogP contribution in [0.1, 0.15) is 7.43 Å². The quantitative estimate of drug-likeness (QED) is 0.699. The average molecular weight is 255 g/mol.